The number of carbonyl (C=O) groups excluding carboxylic acids is 1. The maximum atomic E-state index is 14.1. The molecule has 1 aliphatic rings. The molecular weight excluding hydrogens is 549 g/mol. The lowest BCUT2D eigenvalue weighted by Gasteiger charge is -2.26. The highest BCUT2D eigenvalue weighted by atomic mass is 31.2. The summed E-state index contributed by atoms with van der Waals surface area (Å²) >= 11 is 0. The average Bonchev–Trinajstić information content (AvgIpc) is 2.95. The molecule has 226 valence electrons. The Hall–Kier alpha value is -3.28. The Bertz CT molecular complexity index is 1380. The minimum Gasteiger partial charge on any atom is -0.508 e. The summed E-state index contributed by atoms with van der Waals surface area (Å²) < 4.78 is 31.8. The lowest BCUT2D eigenvalue weighted by molar-refractivity contribution is -0.152. The van der Waals surface area contributed by atoms with Crippen LogP contribution in [0.15, 0.2) is 60.7 Å². The summed E-state index contributed by atoms with van der Waals surface area (Å²) in [7, 11) is -3.68. The minimum atomic E-state index is -3.68. The van der Waals surface area contributed by atoms with Crippen molar-refractivity contribution in [1.29, 1.82) is 0 Å². The Morgan fingerprint density at radius 1 is 0.952 bits per heavy atom. The van der Waals surface area contributed by atoms with E-state index in [9.17, 15) is 14.5 Å². The number of hydrogen-bond acceptors (Lipinski definition) is 6. The molecule has 7 nitrogen and oxygen atoms in total. The van der Waals surface area contributed by atoms with Gasteiger partial charge in [-0.25, -0.2) is 5.09 Å². The fraction of sp³-hybridized carbons (Fsp3) is 0.441. The molecule has 2 N–H and O–H groups in total. The third-order valence-electron chi connectivity index (χ3n) is 7.74. The van der Waals surface area contributed by atoms with Gasteiger partial charge < -0.3 is 19.1 Å². The van der Waals surface area contributed by atoms with Crippen LogP contribution in [0.4, 0.5) is 0 Å². The van der Waals surface area contributed by atoms with Gasteiger partial charge in [-0.1, -0.05) is 50.6 Å². The molecule has 0 aromatic heterocycles. The first-order chi connectivity index (χ1) is 20.0. The molecule has 42 heavy (non-hydrogen) atoms. The van der Waals surface area contributed by atoms with Gasteiger partial charge in [0.25, 0.3) is 0 Å². The normalized spacial score (nSPS) is 16.0. The van der Waals surface area contributed by atoms with E-state index in [0.29, 0.717) is 17.2 Å². The standard InChI is InChI=1S/C34H44NO6P/c1-23(2)31-20-27(16-17-33(31)36)21-32-24(3)18-30(19-25(32)4)39-22-42(38,41-29-14-10-7-11-15-29)35-26(5)34(37)40-28-12-8-6-9-13-28/h7,10-11,14-20,23,26,28,36H,6,8-9,12-13,21-22H2,1-5H3,(H,35,38)/t26-,42+/m0/s1. The second-order valence-corrected chi connectivity index (χ2v) is 13.7. The number of benzene rings is 3. The van der Waals surface area contributed by atoms with Crippen molar-refractivity contribution in [1.82, 2.24) is 5.09 Å². The van der Waals surface area contributed by atoms with Crippen LogP contribution in [0.1, 0.15) is 86.6 Å². The zero-order valence-corrected chi connectivity index (χ0v) is 26.3. The summed E-state index contributed by atoms with van der Waals surface area (Å²) in [5.74, 6) is 1.09. The maximum absolute atomic E-state index is 14.1. The third-order valence-corrected chi connectivity index (χ3v) is 9.50. The number of rotatable bonds is 12. The van der Waals surface area contributed by atoms with Gasteiger partial charge in [-0.15, -0.1) is 0 Å². The predicted octanol–water partition coefficient (Wildman–Crippen LogP) is 8.19. The van der Waals surface area contributed by atoms with Crippen LogP contribution in [-0.2, 0) is 20.5 Å². The van der Waals surface area contributed by atoms with Gasteiger partial charge in [0.1, 0.15) is 29.4 Å². The largest absolute Gasteiger partial charge is 0.508 e. The van der Waals surface area contributed by atoms with Crippen molar-refractivity contribution >= 4 is 13.5 Å². The smallest absolute Gasteiger partial charge is 0.354 e. The van der Waals surface area contributed by atoms with Crippen molar-refractivity contribution < 1.29 is 28.5 Å². The maximum Gasteiger partial charge on any atom is 0.354 e. The number of para-hydroxylation sites is 1. The van der Waals surface area contributed by atoms with Gasteiger partial charge in [-0.3, -0.25) is 9.36 Å². The van der Waals surface area contributed by atoms with E-state index in [-0.39, 0.29) is 18.4 Å². The van der Waals surface area contributed by atoms with E-state index in [1.54, 1.807) is 37.3 Å². The van der Waals surface area contributed by atoms with Gasteiger partial charge in [0.15, 0.2) is 6.35 Å². The predicted molar refractivity (Wildman–Crippen MR) is 167 cm³/mol. The highest BCUT2D eigenvalue weighted by Crippen LogP contribution is 2.44. The Kier molecular flexibility index (Phi) is 10.7. The zero-order chi connectivity index (χ0) is 30.3. The van der Waals surface area contributed by atoms with Gasteiger partial charge in [0, 0.05) is 0 Å². The highest BCUT2D eigenvalue weighted by Gasteiger charge is 2.33. The van der Waals surface area contributed by atoms with Crippen molar-refractivity contribution in [2.24, 2.45) is 0 Å². The fourth-order valence-corrected chi connectivity index (χ4v) is 7.05. The fourth-order valence-electron chi connectivity index (χ4n) is 5.39. The average molecular weight is 594 g/mol. The van der Waals surface area contributed by atoms with E-state index in [1.165, 1.54) is 5.56 Å². The van der Waals surface area contributed by atoms with Gasteiger partial charge in [0.2, 0.25) is 0 Å². The number of hydrogen-bond donors (Lipinski definition) is 2. The second kappa shape index (κ2) is 14.3. The highest BCUT2D eigenvalue weighted by molar-refractivity contribution is 7.57. The molecular formula is C34H44NO6P. The molecule has 0 unspecified atom stereocenters. The number of esters is 1. The molecule has 0 bridgehead atoms. The molecule has 0 amide bonds. The molecule has 0 saturated heterocycles. The summed E-state index contributed by atoms with van der Waals surface area (Å²) in [4.78, 5) is 12.9. The number of aryl methyl sites for hydroxylation is 2. The summed E-state index contributed by atoms with van der Waals surface area (Å²) in [6.45, 7) is 9.83. The summed E-state index contributed by atoms with van der Waals surface area (Å²) in [5, 5.41) is 13.1. The van der Waals surface area contributed by atoms with E-state index in [0.717, 1.165) is 60.8 Å². The molecule has 0 spiro atoms. The van der Waals surface area contributed by atoms with E-state index in [4.69, 9.17) is 14.0 Å². The van der Waals surface area contributed by atoms with E-state index >= 15 is 0 Å². The number of carbonyl (C=O) groups is 1. The lowest BCUT2D eigenvalue weighted by Crippen LogP contribution is -2.38. The molecule has 3 aromatic rings. The Morgan fingerprint density at radius 3 is 2.26 bits per heavy atom. The van der Waals surface area contributed by atoms with Crippen molar-refractivity contribution in [3.8, 4) is 17.2 Å². The van der Waals surface area contributed by atoms with Crippen LogP contribution in [0.5, 0.6) is 17.2 Å². The van der Waals surface area contributed by atoms with Gasteiger partial charge in [-0.2, -0.15) is 0 Å². The second-order valence-electron chi connectivity index (χ2n) is 11.7. The molecule has 0 aliphatic heterocycles. The first-order valence-corrected chi connectivity index (χ1v) is 16.7. The molecule has 4 rings (SSSR count). The van der Waals surface area contributed by atoms with E-state index < -0.39 is 19.5 Å². The molecule has 1 fully saturated rings. The third kappa shape index (κ3) is 8.62. The topological polar surface area (TPSA) is 94.1 Å². The summed E-state index contributed by atoms with van der Waals surface area (Å²) in [6, 6.07) is 17.7. The molecule has 1 aliphatic carbocycles. The summed E-state index contributed by atoms with van der Waals surface area (Å²) in [6.07, 6.45) is 5.34. The van der Waals surface area contributed by atoms with Crippen LogP contribution in [0.2, 0.25) is 0 Å². The van der Waals surface area contributed by atoms with E-state index in [1.807, 2.05) is 38.1 Å². The van der Waals surface area contributed by atoms with Crippen LogP contribution in [-0.4, -0.2) is 29.6 Å². The van der Waals surface area contributed by atoms with Gasteiger partial charge in [0.05, 0.1) is 0 Å². The molecule has 2 atom stereocenters. The Labute approximate surface area is 250 Å². The van der Waals surface area contributed by atoms with Crippen LogP contribution in [0, 0.1) is 13.8 Å². The zero-order valence-electron chi connectivity index (χ0n) is 25.4. The van der Waals surface area contributed by atoms with Crippen molar-refractivity contribution in [2.45, 2.75) is 91.2 Å². The van der Waals surface area contributed by atoms with Crippen LogP contribution >= 0.6 is 7.52 Å². The SMILES string of the molecule is Cc1cc(OC[P@](=O)(N[C@@H](C)C(=O)OC2CCCCC2)Oc2ccccc2)cc(C)c1Cc1ccc(O)c(C(C)C)c1. The number of aromatic hydroxyl groups is 1. The number of ether oxygens (including phenoxy) is 2. The van der Waals surface area contributed by atoms with Crippen molar-refractivity contribution in [2.75, 3.05) is 6.35 Å². The molecule has 8 heteroatoms. The van der Waals surface area contributed by atoms with Gasteiger partial charge >= 0.3 is 13.5 Å². The van der Waals surface area contributed by atoms with Crippen molar-refractivity contribution in [3.05, 3.63) is 88.5 Å². The molecule has 0 radical (unpaired) electrons. The Balaban J connectivity index is 1.48. The number of phenols is 1. The molecule has 1 saturated carbocycles. The number of nitrogens with one attached hydrogen (secondary N) is 1. The molecule has 0 heterocycles. The first kappa shape index (κ1) is 31.7. The summed E-state index contributed by atoms with van der Waals surface area (Å²) in [5.41, 5.74) is 5.31. The molecule has 3 aromatic carbocycles. The Morgan fingerprint density at radius 2 is 1.62 bits per heavy atom. The number of phenolic OH excluding ortho intramolecular Hbond substituents is 1. The van der Waals surface area contributed by atoms with Crippen LogP contribution in [0.3, 0.4) is 0 Å². The van der Waals surface area contributed by atoms with Crippen LogP contribution < -0.4 is 14.3 Å². The minimum absolute atomic E-state index is 0.0934. The van der Waals surface area contributed by atoms with Crippen LogP contribution in [0.25, 0.3) is 0 Å². The van der Waals surface area contributed by atoms with Gasteiger partial charge in [-0.05, 0) is 117 Å². The first-order valence-electron chi connectivity index (χ1n) is 14.9. The lowest BCUT2D eigenvalue weighted by atomic mass is 9.93. The van der Waals surface area contributed by atoms with Crippen molar-refractivity contribution in [3.63, 3.8) is 0 Å². The van der Waals surface area contributed by atoms with E-state index in [2.05, 4.69) is 25.0 Å². The quantitative estimate of drug-likeness (QED) is 0.162. The monoisotopic (exact) mass is 593 g/mol.